The second-order valence-electron chi connectivity index (χ2n) is 10.8. The van der Waals surface area contributed by atoms with Crippen LogP contribution in [0.3, 0.4) is 0 Å². The molecule has 2 aromatic rings. The Morgan fingerprint density at radius 2 is 1.53 bits per heavy atom. The standard InChI is InChI=1S/C26H36O6SSi/c1-18-22(32-34(5,6)26(2,3)4)23-21(17-29-24(31-23)19-13-9-7-10-14-19)30-25(18)33(27,28)20-15-11-8-12-16-20/h7-16,18,21-25H,17H2,1-6H3/t18-,21-,22-,23-,24-,25?/m1/s1. The lowest BCUT2D eigenvalue weighted by Crippen LogP contribution is -2.63. The minimum absolute atomic E-state index is 0.0433. The topological polar surface area (TPSA) is 71.1 Å². The Hall–Kier alpha value is -1.55. The van der Waals surface area contributed by atoms with Gasteiger partial charge in [0.05, 0.1) is 17.6 Å². The van der Waals surface area contributed by atoms with Crippen molar-refractivity contribution in [3.05, 3.63) is 66.2 Å². The maximum atomic E-state index is 13.6. The largest absolute Gasteiger partial charge is 0.411 e. The van der Waals surface area contributed by atoms with E-state index in [1.54, 1.807) is 30.3 Å². The van der Waals surface area contributed by atoms with Gasteiger partial charge in [-0.1, -0.05) is 76.2 Å². The molecule has 1 unspecified atom stereocenters. The first-order valence-corrected chi connectivity index (χ1v) is 16.3. The molecule has 34 heavy (non-hydrogen) atoms. The Kier molecular flexibility index (Phi) is 7.12. The predicted octanol–water partition coefficient (Wildman–Crippen LogP) is 5.33. The van der Waals surface area contributed by atoms with Crippen LogP contribution >= 0.6 is 0 Å². The average molecular weight is 505 g/mol. The molecule has 0 N–H and O–H groups in total. The van der Waals surface area contributed by atoms with Crippen LogP contribution in [0.25, 0.3) is 0 Å². The Bertz CT molecular complexity index is 1070. The summed E-state index contributed by atoms with van der Waals surface area (Å²) in [7, 11) is -6.00. The number of hydrogen-bond acceptors (Lipinski definition) is 6. The Labute approximate surface area is 204 Å². The lowest BCUT2D eigenvalue weighted by Gasteiger charge is -2.51. The van der Waals surface area contributed by atoms with E-state index in [2.05, 4.69) is 33.9 Å². The van der Waals surface area contributed by atoms with Gasteiger partial charge in [-0.15, -0.1) is 0 Å². The fraction of sp³-hybridized carbons (Fsp3) is 0.538. The maximum Gasteiger partial charge on any atom is 0.205 e. The lowest BCUT2D eigenvalue weighted by atomic mass is 9.93. The van der Waals surface area contributed by atoms with Gasteiger partial charge >= 0.3 is 0 Å². The molecular weight excluding hydrogens is 468 g/mol. The smallest absolute Gasteiger partial charge is 0.205 e. The van der Waals surface area contributed by atoms with E-state index in [1.807, 2.05) is 37.3 Å². The molecule has 2 saturated heterocycles. The number of ether oxygens (including phenoxy) is 3. The van der Waals surface area contributed by atoms with E-state index in [1.165, 1.54) is 0 Å². The van der Waals surface area contributed by atoms with Gasteiger partial charge in [-0.3, -0.25) is 0 Å². The summed E-state index contributed by atoms with van der Waals surface area (Å²) in [6, 6.07) is 18.2. The summed E-state index contributed by atoms with van der Waals surface area (Å²) in [6.07, 6.45) is -1.98. The van der Waals surface area contributed by atoms with Crippen LogP contribution < -0.4 is 0 Å². The van der Waals surface area contributed by atoms with E-state index in [0.29, 0.717) is 0 Å². The van der Waals surface area contributed by atoms with Crippen LogP contribution in [-0.2, 0) is 28.5 Å². The predicted molar refractivity (Wildman–Crippen MR) is 134 cm³/mol. The van der Waals surface area contributed by atoms with Crippen LogP contribution in [0.5, 0.6) is 0 Å². The molecule has 2 aliphatic rings. The van der Waals surface area contributed by atoms with Crippen molar-refractivity contribution >= 4 is 18.2 Å². The molecule has 6 nitrogen and oxygen atoms in total. The molecule has 2 fully saturated rings. The molecule has 6 atom stereocenters. The monoisotopic (exact) mass is 504 g/mol. The lowest BCUT2D eigenvalue weighted by molar-refractivity contribution is -0.310. The number of sulfone groups is 1. The van der Waals surface area contributed by atoms with E-state index < -0.39 is 54.1 Å². The second-order valence-corrected chi connectivity index (χ2v) is 17.6. The zero-order chi connectivity index (χ0) is 24.7. The molecule has 8 heteroatoms. The molecule has 2 aromatic carbocycles. The first-order chi connectivity index (χ1) is 15.9. The van der Waals surface area contributed by atoms with Gasteiger partial charge in [0.1, 0.15) is 12.2 Å². The van der Waals surface area contributed by atoms with Crippen LogP contribution in [0.2, 0.25) is 18.1 Å². The molecular formula is C26H36O6SSi. The van der Waals surface area contributed by atoms with Crippen molar-refractivity contribution in [2.24, 2.45) is 5.92 Å². The third-order valence-corrected chi connectivity index (χ3v) is 13.9. The molecule has 0 spiro atoms. The summed E-state index contributed by atoms with van der Waals surface area (Å²) < 4.78 is 52.8. The van der Waals surface area contributed by atoms with E-state index >= 15 is 0 Å². The fourth-order valence-corrected chi connectivity index (χ4v) is 7.48. The van der Waals surface area contributed by atoms with Crippen LogP contribution in [-0.4, -0.2) is 47.1 Å². The van der Waals surface area contributed by atoms with Crippen molar-refractivity contribution in [2.75, 3.05) is 6.61 Å². The van der Waals surface area contributed by atoms with E-state index in [-0.39, 0.29) is 16.5 Å². The third-order valence-electron chi connectivity index (χ3n) is 7.33. The van der Waals surface area contributed by atoms with Crippen LogP contribution in [0.4, 0.5) is 0 Å². The number of fused-ring (bicyclic) bond motifs is 1. The SMILES string of the molecule is C[C@H]1C(S(=O)(=O)c2ccccc2)O[C@@H]2CO[C@@H](c3ccccc3)O[C@H]2[C@@H]1O[Si](C)(C)C(C)(C)C. The summed E-state index contributed by atoms with van der Waals surface area (Å²) in [5.41, 5.74) is -0.134. The maximum absolute atomic E-state index is 13.6. The van der Waals surface area contributed by atoms with Gasteiger partial charge in [0.2, 0.25) is 9.84 Å². The molecule has 4 rings (SSSR count). The molecule has 186 valence electrons. The zero-order valence-corrected chi connectivity index (χ0v) is 22.6. The molecule has 0 aliphatic carbocycles. The highest BCUT2D eigenvalue weighted by Gasteiger charge is 2.55. The molecule has 0 aromatic heterocycles. The van der Waals surface area contributed by atoms with Gasteiger partial charge in [0.25, 0.3) is 0 Å². The van der Waals surface area contributed by atoms with Crippen LogP contribution in [0, 0.1) is 5.92 Å². The van der Waals surface area contributed by atoms with Gasteiger partial charge in [0, 0.05) is 11.5 Å². The molecule has 0 bridgehead atoms. The fourth-order valence-electron chi connectivity index (χ4n) is 4.28. The van der Waals surface area contributed by atoms with E-state index in [4.69, 9.17) is 18.6 Å². The average Bonchev–Trinajstić information content (AvgIpc) is 2.80. The highest BCUT2D eigenvalue weighted by Crippen LogP contribution is 2.44. The summed E-state index contributed by atoms with van der Waals surface area (Å²) in [5, 5.41) is -0.0433. The van der Waals surface area contributed by atoms with E-state index in [0.717, 1.165) is 5.56 Å². The minimum atomic E-state index is -3.75. The molecule has 0 amide bonds. The summed E-state index contributed by atoms with van der Waals surface area (Å²) in [6.45, 7) is 13.0. The first kappa shape index (κ1) is 25.5. The second kappa shape index (κ2) is 9.48. The minimum Gasteiger partial charge on any atom is -0.411 e. The summed E-state index contributed by atoms with van der Waals surface area (Å²) in [5.74, 6) is -0.435. The van der Waals surface area contributed by atoms with Gasteiger partial charge in [-0.05, 0) is 30.3 Å². The molecule has 2 heterocycles. The first-order valence-electron chi connectivity index (χ1n) is 11.9. The molecule has 2 aliphatic heterocycles. The zero-order valence-electron chi connectivity index (χ0n) is 20.8. The summed E-state index contributed by atoms with van der Waals surface area (Å²) >= 11 is 0. The molecule has 0 radical (unpaired) electrons. The van der Waals surface area contributed by atoms with Crippen molar-refractivity contribution in [1.82, 2.24) is 0 Å². The summed E-state index contributed by atoms with van der Waals surface area (Å²) in [4.78, 5) is 0.246. The van der Waals surface area contributed by atoms with E-state index in [9.17, 15) is 8.42 Å². The number of benzene rings is 2. The number of hydrogen-bond donors (Lipinski definition) is 0. The van der Waals surface area contributed by atoms with Crippen molar-refractivity contribution in [3.63, 3.8) is 0 Å². The highest BCUT2D eigenvalue weighted by atomic mass is 32.2. The van der Waals surface area contributed by atoms with Crippen molar-refractivity contribution in [3.8, 4) is 0 Å². The number of rotatable bonds is 5. The Balaban J connectivity index is 1.69. The molecule has 0 saturated carbocycles. The normalized spacial score (nSPS) is 30.5. The van der Waals surface area contributed by atoms with Gasteiger partial charge in [-0.25, -0.2) is 8.42 Å². The Morgan fingerprint density at radius 1 is 0.941 bits per heavy atom. The Morgan fingerprint density at radius 3 is 2.12 bits per heavy atom. The van der Waals surface area contributed by atoms with Crippen molar-refractivity contribution in [2.45, 2.75) is 80.8 Å². The van der Waals surface area contributed by atoms with Gasteiger partial charge < -0.3 is 18.6 Å². The highest BCUT2D eigenvalue weighted by molar-refractivity contribution is 7.92. The van der Waals surface area contributed by atoms with Crippen molar-refractivity contribution in [1.29, 1.82) is 0 Å². The van der Waals surface area contributed by atoms with Crippen LogP contribution in [0.15, 0.2) is 65.6 Å². The van der Waals surface area contributed by atoms with Gasteiger partial charge in [0.15, 0.2) is 20.0 Å². The van der Waals surface area contributed by atoms with Crippen LogP contribution in [0.1, 0.15) is 39.5 Å². The quantitative estimate of drug-likeness (QED) is 0.513. The van der Waals surface area contributed by atoms with Crippen molar-refractivity contribution < 1.29 is 27.1 Å². The third kappa shape index (κ3) is 4.89. The van der Waals surface area contributed by atoms with Gasteiger partial charge in [-0.2, -0.15) is 0 Å².